The molecule has 0 aliphatic carbocycles. The minimum Gasteiger partial charge on any atom is -0.494 e. The van der Waals surface area contributed by atoms with Gasteiger partial charge in [-0.3, -0.25) is 10.2 Å². The molecule has 3 rings (SSSR count). The molecule has 2 aromatic carbocycles. The van der Waals surface area contributed by atoms with Crippen molar-refractivity contribution in [3.63, 3.8) is 0 Å². The van der Waals surface area contributed by atoms with Gasteiger partial charge in [0.1, 0.15) is 11.6 Å². The lowest BCUT2D eigenvalue weighted by molar-refractivity contribution is 0.0827. The number of piperidine rings is 1. The second kappa shape index (κ2) is 9.56. The summed E-state index contributed by atoms with van der Waals surface area (Å²) in [6, 6.07) is 13.1. The van der Waals surface area contributed by atoms with Crippen LogP contribution in [0.1, 0.15) is 35.2 Å². The Morgan fingerprint density at radius 3 is 2.55 bits per heavy atom. The molecular formula is C23H30N4O2. The van der Waals surface area contributed by atoms with Crippen molar-refractivity contribution in [3.8, 4) is 16.9 Å². The average Bonchev–Trinajstić information content (AvgIpc) is 2.73. The number of ether oxygens (including phenoxy) is 1. The van der Waals surface area contributed by atoms with Gasteiger partial charge in [0, 0.05) is 25.2 Å². The maximum atomic E-state index is 12.6. The van der Waals surface area contributed by atoms with Crippen LogP contribution in [0.2, 0.25) is 0 Å². The predicted molar refractivity (Wildman–Crippen MR) is 117 cm³/mol. The molecule has 154 valence electrons. The molecule has 6 heteroatoms. The molecule has 29 heavy (non-hydrogen) atoms. The molecule has 1 amide bonds. The Balaban J connectivity index is 1.84. The minimum atomic E-state index is -0.0715. The SMILES string of the molecule is CN(C)C(=O)c1cc(OCCC2CCNCC2)cc(-c2cccc(C(=N)N)c2)c1. The van der Waals surface area contributed by atoms with E-state index in [4.69, 9.17) is 15.9 Å². The third-order valence-electron chi connectivity index (χ3n) is 5.32. The number of benzene rings is 2. The summed E-state index contributed by atoms with van der Waals surface area (Å²) >= 11 is 0. The van der Waals surface area contributed by atoms with Crippen LogP contribution in [0.3, 0.4) is 0 Å². The van der Waals surface area contributed by atoms with Gasteiger partial charge in [-0.25, -0.2) is 0 Å². The molecule has 0 unspecified atom stereocenters. The molecule has 4 N–H and O–H groups in total. The van der Waals surface area contributed by atoms with Gasteiger partial charge in [-0.1, -0.05) is 18.2 Å². The van der Waals surface area contributed by atoms with Crippen LogP contribution in [0.15, 0.2) is 42.5 Å². The highest BCUT2D eigenvalue weighted by Crippen LogP contribution is 2.28. The lowest BCUT2D eigenvalue weighted by Gasteiger charge is -2.22. The van der Waals surface area contributed by atoms with E-state index in [1.165, 1.54) is 12.8 Å². The van der Waals surface area contributed by atoms with E-state index < -0.39 is 0 Å². The Labute approximate surface area is 172 Å². The third kappa shape index (κ3) is 5.57. The van der Waals surface area contributed by atoms with Gasteiger partial charge in [0.15, 0.2) is 0 Å². The molecular weight excluding hydrogens is 364 g/mol. The molecule has 0 bridgehead atoms. The Morgan fingerprint density at radius 1 is 1.14 bits per heavy atom. The Bertz CT molecular complexity index is 873. The van der Waals surface area contributed by atoms with Crippen LogP contribution < -0.4 is 15.8 Å². The molecule has 0 saturated carbocycles. The smallest absolute Gasteiger partial charge is 0.253 e. The van der Waals surface area contributed by atoms with Crippen molar-refractivity contribution in [1.29, 1.82) is 5.41 Å². The summed E-state index contributed by atoms with van der Waals surface area (Å²) in [6.45, 7) is 2.79. The number of amides is 1. The number of amidine groups is 1. The van der Waals surface area contributed by atoms with Crippen LogP contribution in [-0.4, -0.2) is 50.4 Å². The van der Waals surface area contributed by atoms with E-state index in [1.54, 1.807) is 25.1 Å². The van der Waals surface area contributed by atoms with Crippen molar-refractivity contribution in [2.45, 2.75) is 19.3 Å². The number of nitrogen functional groups attached to an aromatic ring is 1. The lowest BCUT2D eigenvalue weighted by atomic mass is 9.95. The minimum absolute atomic E-state index is 0.0193. The number of hydrogen-bond donors (Lipinski definition) is 3. The first kappa shape index (κ1) is 20.9. The summed E-state index contributed by atoms with van der Waals surface area (Å²) in [4.78, 5) is 14.1. The molecule has 0 spiro atoms. The number of rotatable bonds is 7. The molecule has 1 heterocycles. The first-order chi connectivity index (χ1) is 13.9. The van der Waals surface area contributed by atoms with E-state index in [0.717, 1.165) is 30.6 Å². The van der Waals surface area contributed by atoms with Gasteiger partial charge < -0.3 is 20.7 Å². The van der Waals surface area contributed by atoms with E-state index in [-0.39, 0.29) is 11.7 Å². The van der Waals surface area contributed by atoms with E-state index in [1.807, 2.05) is 36.4 Å². The Hall–Kier alpha value is -2.86. The summed E-state index contributed by atoms with van der Waals surface area (Å²) in [5, 5.41) is 11.1. The first-order valence-electron chi connectivity index (χ1n) is 10.1. The molecule has 1 aliphatic heterocycles. The van der Waals surface area contributed by atoms with Gasteiger partial charge in [0.2, 0.25) is 0 Å². The van der Waals surface area contributed by atoms with Crippen molar-refractivity contribution in [2.75, 3.05) is 33.8 Å². The highest BCUT2D eigenvalue weighted by molar-refractivity contribution is 5.97. The summed E-state index contributed by atoms with van der Waals surface area (Å²) < 4.78 is 6.06. The van der Waals surface area contributed by atoms with Crippen LogP contribution in [0.5, 0.6) is 5.75 Å². The number of hydrogen-bond acceptors (Lipinski definition) is 4. The van der Waals surface area contributed by atoms with Gasteiger partial charge in [-0.2, -0.15) is 0 Å². The normalized spacial score (nSPS) is 14.4. The van der Waals surface area contributed by atoms with Crippen molar-refractivity contribution >= 4 is 11.7 Å². The second-order valence-corrected chi connectivity index (χ2v) is 7.77. The zero-order chi connectivity index (χ0) is 20.8. The van der Waals surface area contributed by atoms with Gasteiger partial charge in [-0.05, 0) is 73.7 Å². The van der Waals surface area contributed by atoms with Gasteiger partial charge >= 0.3 is 0 Å². The van der Waals surface area contributed by atoms with Gasteiger partial charge in [0.05, 0.1) is 6.61 Å². The van der Waals surface area contributed by atoms with Crippen LogP contribution in [0, 0.1) is 11.3 Å². The maximum Gasteiger partial charge on any atom is 0.253 e. The molecule has 1 aliphatic rings. The van der Waals surface area contributed by atoms with Crippen LogP contribution in [-0.2, 0) is 0 Å². The lowest BCUT2D eigenvalue weighted by Crippen LogP contribution is -2.28. The van der Waals surface area contributed by atoms with E-state index in [0.29, 0.717) is 29.4 Å². The zero-order valence-electron chi connectivity index (χ0n) is 17.2. The quantitative estimate of drug-likeness (QED) is 0.497. The van der Waals surface area contributed by atoms with E-state index >= 15 is 0 Å². The molecule has 0 radical (unpaired) electrons. The number of nitrogens with zero attached hydrogens (tertiary/aromatic N) is 1. The van der Waals surface area contributed by atoms with E-state index in [9.17, 15) is 4.79 Å². The van der Waals surface area contributed by atoms with Crippen molar-refractivity contribution < 1.29 is 9.53 Å². The summed E-state index contributed by atoms with van der Waals surface area (Å²) in [6.07, 6.45) is 3.39. The fourth-order valence-corrected chi connectivity index (χ4v) is 3.61. The van der Waals surface area contributed by atoms with Crippen molar-refractivity contribution in [1.82, 2.24) is 10.2 Å². The summed E-state index contributed by atoms with van der Waals surface area (Å²) in [5.74, 6) is 1.33. The average molecular weight is 395 g/mol. The second-order valence-electron chi connectivity index (χ2n) is 7.77. The number of carbonyl (C=O) groups excluding carboxylic acids is 1. The zero-order valence-corrected chi connectivity index (χ0v) is 17.2. The highest BCUT2D eigenvalue weighted by atomic mass is 16.5. The Kier molecular flexibility index (Phi) is 6.88. The molecule has 1 fully saturated rings. The first-order valence-corrected chi connectivity index (χ1v) is 10.1. The number of nitrogens with one attached hydrogen (secondary N) is 2. The summed E-state index contributed by atoms with van der Waals surface area (Å²) in [7, 11) is 3.48. The van der Waals surface area contributed by atoms with Gasteiger partial charge in [0.25, 0.3) is 5.91 Å². The van der Waals surface area contributed by atoms with Gasteiger partial charge in [-0.15, -0.1) is 0 Å². The van der Waals surface area contributed by atoms with E-state index in [2.05, 4.69) is 5.32 Å². The highest BCUT2D eigenvalue weighted by Gasteiger charge is 2.15. The monoisotopic (exact) mass is 394 g/mol. The molecule has 6 nitrogen and oxygen atoms in total. The van der Waals surface area contributed by atoms with Crippen molar-refractivity contribution in [2.24, 2.45) is 11.7 Å². The fourth-order valence-electron chi connectivity index (χ4n) is 3.61. The standard InChI is InChI=1S/C23H30N4O2/c1-27(2)23(28)20-13-19(17-4-3-5-18(12-17)22(24)25)14-21(15-20)29-11-8-16-6-9-26-10-7-16/h3-5,12-16,26H,6-11H2,1-2H3,(H3,24,25). The molecule has 0 aromatic heterocycles. The van der Waals surface area contributed by atoms with Crippen LogP contribution in [0.25, 0.3) is 11.1 Å². The molecule has 2 aromatic rings. The third-order valence-corrected chi connectivity index (χ3v) is 5.32. The number of carbonyl (C=O) groups is 1. The summed E-state index contributed by atoms with van der Waals surface area (Å²) in [5.41, 5.74) is 8.64. The maximum absolute atomic E-state index is 12.6. The number of nitrogens with two attached hydrogens (primary N) is 1. The molecule has 0 atom stereocenters. The topological polar surface area (TPSA) is 91.4 Å². The molecule has 1 saturated heterocycles. The Morgan fingerprint density at radius 2 is 1.86 bits per heavy atom. The predicted octanol–water partition coefficient (Wildman–Crippen LogP) is 3.11. The van der Waals surface area contributed by atoms with Crippen LogP contribution >= 0.6 is 0 Å². The van der Waals surface area contributed by atoms with Crippen molar-refractivity contribution in [3.05, 3.63) is 53.6 Å². The largest absolute Gasteiger partial charge is 0.494 e. The fraction of sp³-hybridized carbons (Fsp3) is 0.391. The van der Waals surface area contributed by atoms with Crippen LogP contribution in [0.4, 0.5) is 0 Å².